The molecule has 1 aliphatic heterocycles. The largest absolute Gasteiger partial charge is 0.348 e. The molecule has 32 heavy (non-hydrogen) atoms. The highest BCUT2D eigenvalue weighted by atomic mass is 32.2. The molecule has 0 unspecified atom stereocenters. The molecule has 0 aliphatic carbocycles. The molecular formula is C21H25FN4O5S. The highest BCUT2D eigenvalue weighted by Gasteiger charge is 2.32. The lowest BCUT2D eigenvalue weighted by Gasteiger charge is -2.37. The van der Waals surface area contributed by atoms with E-state index in [4.69, 9.17) is 0 Å². The van der Waals surface area contributed by atoms with Crippen LogP contribution >= 0.6 is 0 Å². The molecule has 0 aromatic heterocycles. The summed E-state index contributed by atoms with van der Waals surface area (Å²) in [6.45, 7) is 4.56. The maximum Gasteiger partial charge on any atom is 0.270 e. The van der Waals surface area contributed by atoms with Gasteiger partial charge in [0.15, 0.2) is 0 Å². The summed E-state index contributed by atoms with van der Waals surface area (Å²) in [7, 11) is -3.87. The number of non-ortho nitro benzene ring substituents is 1. The van der Waals surface area contributed by atoms with Gasteiger partial charge in [0.25, 0.3) is 5.69 Å². The summed E-state index contributed by atoms with van der Waals surface area (Å²) in [5, 5.41) is 13.9. The predicted octanol–water partition coefficient (Wildman–Crippen LogP) is 2.31. The second kappa shape index (κ2) is 9.72. The average Bonchev–Trinajstić information content (AvgIpc) is 2.79. The van der Waals surface area contributed by atoms with E-state index in [2.05, 4.69) is 5.32 Å². The van der Waals surface area contributed by atoms with E-state index in [1.54, 1.807) is 26.0 Å². The first kappa shape index (κ1) is 23.8. The number of rotatable bonds is 7. The van der Waals surface area contributed by atoms with Gasteiger partial charge in [-0.05, 0) is 37.6 Å². The number of amides is 1. The number of hydrogen-bond acceptors (Lipinski definition) is 6. The van der Waals surface area contributed by atoms with Crippen LogP contribution in [0, 0.1) is 15.9 Å². The number of hydrogen-bond donors (Lipinski definition) is 1. The van der Waals surface area contributed by atoms with Crippen molar-refractivity contribution in [2.45, 2.75) is 30.8 Å². The highest BCUT2D eigenvalue weighted by Crippen LogP contribution is 2.22. The van der Waals surface area contributed by atoms with Crippen molar-refractivity contribution in [2.24, 2.45) is 0 Å². The molecule has 1 heterocycles. The number of carbonyl (C=O) groups excluding carboxylic acids is 1. The van der Waals surface area contributed by atoms with E-state index in [1.807, 2.05) is 4.90 Å². The summed E-state index contributed by atoms with van der Waals surface area (Å²) in [5.74, 6) is -0.560. The van der Waals surface area contributed by atoms with Crippen LogP contribution < -0.4 is 5.32 Å². The van der Waals surface area contributed by atoms with E-state index in [1.165, 1.54) is 34.6 Å². The minimum absolute atomic E-state index is 0.126. The second-order valence-electron chi connectivity index (χ2n) is 7.65. The maximum atomic E-state index is 13.1. The standard InChI is InChI=1S/C21H25FN4O5S/c1-15(17-6-8-18(22)9-7-17)23-21(27)16(2)24-10-12-25(13-11-24)32(30,31)20-5-3-4-19(14-20)26(28)29/h3-9,14-16H,10-13H2,1-2H3,(H,23,27)/t15-,16+/m1/s1. The molecule has 3 rings (SSSR count). The van der Waals surface area contributed by atoms with Gasteiger partial charge in [-0.25, -0.2) is 12.8 Å². The minimum atomic E-state index is -3.87. The number of nitrogens with one attached hydrogen (secondary N) is 1. The zero-order valence-electron chi connectivity index (χ0n) is 17.8. The van der Waals surface area contributed by atoms with Gasteiger partial charge >= 0.3 is 0 Å². The number of nitro groups is 1. The molecule has 1 fully saturated rings. The van der Waals surface area contributed by atoms with Crippen LogP contribution in [0.3, 0.4) is 0 Å². The molecule has 2 aromatic carbocycles. The molecule has 1 N–H and O–H groups in total. The van der Waals surface area contributed by atoms with Gasteiger partial charge in [-0.3, -0.25) is 19.8 Å². The van der Waals surface area contributed by atoms with Gasteiger partial charge in [0, 0.05) is 38.3 Å². The molecule has 0 saturated carbocycles. The zero-order valence-corrected chi connectivity index (χ0v) is 18.6. The number of benzene rings is 2. The first-order chi connectivity index (χ1) is 15.1. The number of nitro benzene ring substituents is 1. The van der Waals surface area contributed by atoms with Gasteiger partial charge in [0.1, 0.15) is 5.82 Å². The third kappa shape index (κ3) is 5.29. The lowest BCUT2D eigenvalue weighted by atomic mass is 10.1. The molecule has 11 heteroatoms. The van der Waals surface area contributed by atoms with Crippen LogP contribution in [0.4, 0.5) is 10.1 Å². The molecule has 0 spiro atoms. The van der Waals surface area contributed by atoms with Gasteiger partial charge in [-0.1, -0.05) is 18.2 Å². The Morgan fingerprint density at radius 2 is 1.72 bits per heavy atom. The summed E-state index contributed by atoms with van der Waals surface area (Å²) < 4.78 is 40.1. The van der Waals surface area contributed by atoms with Crippen LogP contribution in [0.15, 0.2) is 53.4 Å². The molecule has 2 atom stereocenters. The van der Waals surface area contributed by atoms with Crippen molar-refractivity contribution < 1.29 is 22.5 Å². The molecule has 0 radical (unpaired) electrons. The van der Waals surface area contributed by atoms with E-state index >= 15 is 0 Å². The van der Waals surface area contributed by atoms with Crippen molar-refractivity contribution in [1.82, 2.24) is 14.5 Å². The Kier molecular flexibility index (Phi) is 7.22. The second-order valence-corrected chi connectivity index (χ2v) is 9.59. The zero-order chi connectivity index (χ0) is 23.5. The van der Waals surface area contributed by atoms with Crippen molar-refractivity contribution >= 4 is 21.6 Å². The number of sulfonamides is 1. The Labute approximate surface area is 186 Å². The summed E-state index contributed by atoms with van der Waals surface area (Å²) in [4.78, 5) is 24.7. The molecule has 0 bridgehead atoms. The molecule has 1 saturated heterocycles. The fourth-order valence-corrected chi connectivity index (χ4v) is 5.03. The molecule has 9 nitrogen and oxygen atoms in total. The van der Waals surface area contributed by atoms with Crippen LogP contribution in [-0.4, -0.2) is 60.7 Å². The number of nitrogens with zero attached hydrogens (tertiary/aromatic N) is 3. The monoisotopic (exact) mass is 464 g/mol. The van der Waals surface area contributed by atoms with Crippen molar-refractivity contribution in [2.75, 3.05) is 26.2 Å². The van der Waals surface area contributed by atoms with Gasteiger partial charge in [0.2, 0.25) is 15.9 Å². The number of piperazine rings is 1. The summed E-state index contributed by atoms with van der Waals surface area (Å²) >= 11 is 0. The Balaban J connectivity index is 1.59. The fraction of sp³-hybridized carbons (Fsp3) is 0.381. The lowest BCUT2D eigenvalue weighted by Crippen LogP contribution is -2.55. The topological polar surface area (TPSA) is 113 Å². The summed E-state index contributed by atoms with van der Waals surface area (Å²) in [5.41, 5.74) is 0.491. The van der Waals surface area contributed by atoms with Gasteiger partial charge in [-0.15, -0.1) is 0 Å². The normalized spacial score (nSPS) is 17.5. The van der Waals surface area contributed by atoms with E-state index in [0.717, 1.165) is 11.6 Å². The third-order valence-electron chi connectivity index (χ3n) is 5.60. The SMILES string of the molecule is C[C@@H](NC(=O)[C@H](C)N1CCN(S(=O)(=O)c2cccc([N+](=O)[O-])c2)CC1)c1ccc(F)cc1. The van der Waals surface area contributed by atoms with Gasteiger partial charge in [0.05, 0.1) is 21.9 Å². The van der Waals surface area contributed by atoms with E-state index in [-0.39, 0.29) is 41.4 Å². The van der Waals surface area contributed by atoms with Crippen LogP contribution in [0.25, 0.3) is 0 Å². The van der Waals surface area contributed by atoms with E-state index in [0.29, 0.717) is 13.1 Å². The van der Waals surface area contributed by atoms with E-state index in [9.17, 15) is 27.7 Å². The first-order valence-electron chi connectivity index (χ1n) is 10.1. The van der Waals surface area contributed by atoms with Crippen LogP contribution in [0.2, 0.25) is 0 Å². The van der Waals surface area contributed by atoms with Gasteiger partial charge < -0.3 is 5.32 Å². The van der Waals surface area contributed by atoms with Crippen LogP contribution in [-0.2, 0) is 14.8 Å². The fourth-order valence-electron chi connectivity index (χ4n) is 3.57. The minimum Gasteiger partial charge on any atom is -0.348 e. The van der Waals surface area contributed by atoms with Crippen molar-refractivity contribution in [3.63, 3.8) is 0 Å². The quantitative estimate of drug-likeness (QED) is 0.497. The average molecular weight is 465 g/mol. The Morgan fingerprint density at radius 1 is 1.09 bits per heavy atom. The summed E-state index contributed by atoms with van der Waals surface area (Å²) in [6, 6.07) is 10.1. The van der Waals surface area contributed by atoms with Gasteiger partial charge in [-0.2, -0.15) is 4.31 Å². The maximum absolute atomic E-state index is 13.1. The Bertz CT molecular complexity index is 1090. The highest BCUT2D eigenvalue weighted by molar-refractivity contribution is 7.89. The number of halogens is 1. The Morgan fingerprint density at radius 3 is 2.31 bits per heavy atom. The van der Waals surface area contributed by atoms with Crippen molar-refractivity contribution in [3.8, 4) is 0 Å². The van der Waals surface area contributed by atoms with Crippen molar-refractivity contribution in [1.29, 1.82) is 0 Å². The van der Waals surface area contributed by atoms with E-state index < -0.39 is 21.0 Å². The first-order valence-corrected chi connectivity index (χ1v) is 11.6. The Hall–Kier alpha value is -2.89. The third-order valence-corrected chi connectivity index (χ3v) is 7.49. The van der Waals surface area contributed by atoms with Crippen LogP contribution in [0.5, 0.6) is 0 Å². The van der Waals surface area contributed by atoms with Crippen LogP contribution in [0.1, 0.15) is 25.5 Å². The predicted molar refractivity (Wildman–Crippen MR) is 116 cm³/mol. The molecule has 2 aromatic rings. The number of carbonyl (C=O) groups is 1. The molecular weight excluding hydrogens is 439 g/mol. The smallest absolute Gasteiger partial charge is 0.270 e. The molecule has 1 aliphatic rings. The van der Waals surface area contributed by atoms with Crippen molar-refractivity contribution in [3.05, 3.63) is 70.0 Å². The lowest BCUT2D eigenvalue weighted by molar-refractivity contribution is -0.385. The molecule has 1 amide bonds. The molecule has 172 valence electrons. The summed E-state index contributed by atoms with van der Waals surface area (Å²) in [6.07, 6.45) is 0.